The first kappa shape index (κ1) is 19.6. The van der Waals surface area contributed by atoms with Crippen LogP contribution in [0.4, 0.5) is 13.2 Å². The summed E-state index contributed by atoms with van der Waals surface area (Å²) in [5.41, 5.74) is -0.0611. The molecule has 0 aliphatic rings. The molecule has 2 aromatic rings. The summed E-state index contributed by atoms with van der Waals surface area (Å²) in [7, 11) is 1.46. The second-order valence-electron chi connectivity index (χ2n) is 5.62. The number of ether oxygens (including phenoxy) is 2. The van der Waals surface area contributed by atoms with Crippen molar-refractivity contribution in [3.63, 3.8) is 0 Å². The lowest BCUT2D eigenvalue weighted by atomic mass is 10.0. The lowest BCUT2D eigenvalue weighted by Crippen LogP contribution is -2.26. The van der Waals surface area contributed by atoms with Gasteiger partial charge in [0.15, 0.2) is 11.5 Å². The van der Waals surface area contributed by atoms with E-state index in [-0.39, 0.29) is 0 Å². The van der Waals surface area contributed by atoms with Gasteiger partial charge in [-0.05, 0) is 49.7 Å². The number of hydrogen-bond donors (Lipinski definition) is 1. The number of carbonyl (C=O) groups excluding carboxylic acids is 1. The van der Waals surface area contributed by atoms with Crippen molar-refractivity contribution in [2.75, 3.05) is 13.7 Å². The summed E-state index contributed by atoms with van der Waals surface area (Å²) < 4.78 is 49.1. The first-order valence-electron chi connectivity index (χ1n) is 8.05. The van der Waals surface area contributed by atoms with Crippen molar-refractivity contribution in [2.45, 2.75) is 26.1 Å². The average molecular weight is 367 g/mol. The lowest BCUT2D eigenvalue weighted by Gasteiger charge is -2.17. The number of nitrogens with one attached hydrogen (secondary N) is 1. The zero-order valence-corrected chi connectivity index (χ0v) is 14.7. The van der Waals surface area contributed by atoms with Gasteiger partial charge in [-0.2, -0.15) is 13.2 Å². The summed E-state index contributed by atoms with van der Waals surface area (Å²) in [6.07, 6.45) is -4.43. The predicted octanol–water partition coefficient (Wildman–Crippen LogP) is 4.60. The zero-order valence-electron chi connectivity index (χ0n) is 14.7. The Morgan fingerprint density at radius 3 is 2.50 bits per heavy atom. The van der Waals surface area contributed by atoms with Crippen LogP contribution >= 0.6 is 0 Å². The largest absolute Gasteiger partial charge is 0.493 e. The molecule has 0 aliphatic heterocycles. The van der Waals surface area contributed by atoms with Crippen LogP contribution in [-0.4, -0.2) is 19.6 Å². The molecule has 0 bridgehead atoms. The minimum Gasteiger partial charge on any atom is -0.493 e. The van der Waals surface area contributed by atoms with E-state index in [9.17, 15) is 18.0 Å². The maximum Gasteiger partial charge on any atom is 0.416 e. The third kappa shape index (κ3) is 4.68. The van der Waals surface area contributed by atoms with Crippen LogP contribution < -0.4 is 14.8 Å². The highest BCUT2D eigenvalue weighted by atomic mass is 19.4. The molecule has 1 unspecified atom stereocenters. The monoisotopic (exact) mass is 367 g/mol. The van der Waals surface area contributed by atoms with Crippen molar-refractivity contribution in [2.24, 2.45) is 0 Å². The van der Waals surface area contributed by atoms with Gasteiger partial charge >= 0.3 is 6.18 Å². The van der Waals surface area contributed by atoms with Gasteiger partial charge < -0.3 is 14.8 Å². The van der Waals surface area contributed by atoms with Crippen molar-refractivity contribution in [1.29, 1.82) is 0 Å². The van der Waals surface area contributed by atoms with Crippen LogP contribution in [0.25, 0.3) is 0 Å². The third-order valence-corrected chi connectivity index (χ3v) is 3.79. The van der Waals surface area contributed by atoms with Gasteiger partial charge in [0.1, 0.15) is 0 Å². The summed E-state index contributed by atoms with van der Waals surface area (Å²) in [5, 5.41) is 2.69. The van der Waals surface area contributed by atoms with E-state index < -0.39 is 23.7 Å². The quantitative estimate of drug-likeness (QED) is 0.811. The van der Waals surface area contributed by atoms with E-state index in [0.29, 0.717) is 29.2 Å². The molecule has 0 fully saturated rings. The van der Waals surface area contributed by atoms with Crippen molar-refractivity contribution in [3.8, 4) is 11.5 Å². The standard InChI is InChI=1S/C19H20F3NO3/c1-4-26-16-9-8-14(11-17(16)25-3)18(24)23-12(2)13-6-5-7-15(10-13)19(20,21)22/h5-12H,4H2,1-3H3,(H,23,24). The Labute approximate surface area is 149 Å². The fourth-order valence-electron chi connectivity index (χ4n) is 2.43. The van der Waals surface area contributed by atoms with Crippen molar-refractivity contribution < 1.29 is 27.4 Å². The number of carbonyl (C=O) groups is 1. The Bertz CT molecular complexity index is 775. The molecule has 0 saturated carbocycles. The lowest BCUT2D eigenvalue weighted by molar-refractivity contribution is -0.137. The highest BCUT2D eigenvalue weighted by Gasteiger charge is 2.30. The van der Waals surface area contributed by atoms with Crippen molar-refractivity contribution in [1.82, 2.24) is 5.32 Å². The minimum atomic E-state index is -4.43. The van der Waals surface area contributed by atoms with Crippen LogP contribution in [0.5, 0.6) is 11.5 Å². The van der Waals surface area contributed by atoms with Gasteiger partial charge in [-0.15, -0.1) is 0 Å². The highest BCUT2D eigenvalue weighted by molar-refractivity contribution is 5.95. The summed E-state index contributed by atoms with van der Waals surface area (Å²) in [6, 6.07) is 9.01. The van der Waals surface area contributed by atoms with Gasteiger partial charge in [0.05, 0.1) is 25.3 Å². The Hall–Kier alpha value is -2.70. The van der Waals surface area contributed by atoms with Crippen LogP contribution in [0.3, 0.4) is 0 Å². The molecule has 2 rings (SSSR count). The fourth-order valence-corrected chi connectivity index (χ4v) is 2.43. The molecule has 1 N–H and O–H groups in total. The molecule has 0 heterocycles. The molecule has 0 aromatic heterocycles. The van der Waals surface area contributed by atoms with Crippen LogP contribution in [0.1, 0.15) is 41.4 Å². The third-order valence-electron chi connectivity index (χ3n) is 3.79. The average Bonchev–Trinajstić information content (AvgIpc) is 2.61. The topological polar surface area (TPSA) is 47.6 Å². The zero-order chi connectivity index (χ0) is 19.3. The molecule has 26 heavy (non-hydrogen) atoms. The maximum absolute atomic E-state index is 12.8. The number of benzene rings is 2. The second kappa shape index (κ2) is 8.12. The van der Waals surface area contributed by atoms with Gasteiger partial charge in [-0.3, -0.25) is 4.79 Å². The molecular formula is C19H20F3NO3. The molecular weight excluding hydrogens is 347 g/mol. The number of rotatable bonds is 6. The number of halogens is 3. The van der Waals surface area contributed by atoms with Gasteiger partial charge in [-0.1, -0.05) is 12.1 Å². The van der Waals surface area contributed by atoms with E-state index >= 15 is 0 Å². The number of methoxy groups -OCH3 is 1. The summed E-state index contributed by atoms with van der Waals surface area (Å²) in [5.74, 6) is 0.500. The van der Waals surface area contributed by atoms with Crippen molar-refractivity contribution >= 4 is 5.91 Å². The van der Waals surface area contributed by atoms with E-state index in [0.717, 1.165) is 12.1 Å². The number of amides is 1. The predicted molar refractivity (Wildman–Crippen MR) is 91.5 cm³/mol. The Balaban J connectivity index is 2.17. The van der Waals surface area contributed by atoms with Gasteiger partial charge in [-0.25, -0.2) is 0 Å². The first-order chi connectivity index (χ1) is 12.3. The van der Waals surface area contributed by atoms with Crippen LogP contribution in [-0.2, 0) is 6.18 Å². The Morgan fingerprint density at radius 1 is 1.15 bits per heavy atom. The summed E-state index contributed by atoms with van der Waals surface area (Å²) >= 11 is 0. The van der Waals surface area contributed by atoms with Gasteiger partial charge in [0.2, 0.25) is 0 Å². The van der Waals surface area contributed by atoms with Gasteiger partial charge in [0, 0.05) is 5.56 Å². The number of hydrogen-bond acceptors (Lipinski definition) is 3. The smallest absolute Gasteiger partial charge is 0.416 e. The molecule has 140 valence electrons. The molecule has 0 aliphatic carbocycles. The molecule has 1 amide bonds. The molecule has 7 heteroatoms. The normalized spacial score (nSPS) is 12.4. The van der Waals surface area contributed by atoms with Crippen LogP contribution in [0.2, 0.25) is 0 Å². The SMILES string of the molecule is CCOc1ccc(C(=O)NC(C)c2cccc(C(F)(F)F)c2)cc1OC. The minimum absolute atomic E-state index is 0.323. The molecule has 2 aromatic carbocycles. The molecule has 1 atom stereocenters. The fraction of sp³-hybridized carbons (Fsp3) is 0.316. The van der Waals surface area contributed by atoms with Crippen LogP contribution in [0, 0.1) is 0 Å². The summed E-state index contributed by atoms with van der Waals surface area (Å²) in [4.78, 5) is 12.4. The first-order valence-corrected chi connectivity index (χ1v) is 8.05. The van der Waals surface area contributed by atoms with E-state index in [1.165, 1.54) is 19.2 Å². The second-order valence-corrected chi connectivity index (χ2v) is 5.62. The van der Waals surface area contributed by atoms with E-state index in [2.05, 4.69) is 5.32 Å². The highest BCUT2D eigenvalue weighted by Crippen LogP contribution is 2.31. The van der Waals surface area contributed by atoms with Crippen LogP contribution in [0.15, 0.2) is 42.5 Å². The van der Waals surface area contributed by atoms with E-state index in [1.54, 1.807) is 25.1 Å². The molecule has 0 saturated heterocycles. The Kier molecular flexibility index (Phi) is 6.13. The molecule has 4 nitrogen and oxygen atoms in total. The molecule has 0 spiro atoms. The number of alkyl halides is 3. The maximum atomic E-state index is 12.8. The molecule has 0 radical (unpaired) electrons. The van der Waals surface area contributed by atoms with Crippen molar-refractivity contribution in [3.05, 3.63) is 59.2 Å². The van der Waals surface area contributed by atoms with E-state index in [4.69, 9.17) is 9.47 Å². The van der Waals surface area contributed by atoms with Gasteiger partial charge in [0.25, 0.3) is 5.91 Å². The van der Waals surface area contributed by atoms with E-state index in [1.807, 2.05) is 6.92 Å². The summed E-state index contributed by atoms with van der Waals surface area (Å²) in [6.45, 7) is 3.91. The Morgan fingerprint density at radius 2 is 1.88 bits per heavy atom.